The number of rotatable bonds is 5. The molecule has 3 nitrogen and oxygen atoms in total. The zero-order chi connectivity index (χ0) is 18.7. The average Bonchev–Trinajstić information content (AvgIpc) is 2.62. The van der Waals surface area contributed by atoms with Crippen LogP contribution >= 0.6 is 0 Å². The van der Waals surface area contributed by atoms with Crippen molar-refractivity contribution in [1.29, 1.82) is 0 Å². The molecule has 3 aromatic rings. The van der Waals surface area contributed by atoms with E-state index >= 15 is 0 Å². The second kappa shape index (κ2) is 7.30. The highest BCUT2D eigenvalue weighted by Gasteiger charge is 2.26. The molecule has 0 aliphatic heterocycles. The van der Waals surface area contributed by atoms with Crippen molar-refractivity contribution in [2.75, 3.05) is 4.31 Å². The molecule has 0 amide bonds. The van der Waals surface area contributed by atoms with E-state index in [9.17, 15) is 12.8 Å². The van der Waals surface area contributed by atoms with E-state index < -0.39 is 15.8 Å². The summed E-state index contributed by atoms with van der Waals surface area (Å²) in [4.78, 5) is 0.247. The summed E-state index contributed by atoms with van der Waals surface area (Å²) in [5.74, 6) is -0.405. The standard InChI is InChI=1S/C21H20FNO2S/c1-16-7-9-18(10-8-16)15-23(20-13-11-19(22)12-14-20)26(24,25)21-6-4-3-5-17(21)2/h3-14H,15H2,1-2H3. The average molecular weight is 369 g/mol. The Hall–Kier alpha value is -2.66. The van der Waals surface area contributed by atoms with Gasteiger partial charge >= 0.3 is 0 Å². The van der Waals surface area contributed by atoms with Gasteiger partial charge in [0.05, 0.1) is 17.1 Å². The van der Waals surface area contributed by atoms with Crippen LogP contribution in [-0.4, -0.2) is 8.42 Å². The first-order chi connectivity index (χ1) is 12.4. The molecule has 26 heavy (non-hydrogen) atoms. The highest BCUT2D eigenvalue weighted by molar-refractivity contribution is 7.92. The third-order valence-corrected chi connectivity index (χ3v) is 6.16. The molecule has 0 atom stereocenters. The number of anilines is 1. The SMILES string of the molecule is Cc1ccc(CN(c2ccc(F)cc2)S(=O)(=O)c2ccccc2C)cc1. The second-order valence-electron chi connectivity index (χ2n) is 6.24. The van der Waals surface area contributed by atoms with E-state index in [1.807, 2.05) is 31.2 Å². The zero-order valence-corrected chi connectivity index (χ0v) is 15.5. The van der Waals surface area contributed by atoms with E-state index in [0.29, 0.717) is 11.3 Å². The van der Waals surface area contributed by atoms with E-state index in [0.717, 1.165) is 11.1 Å². The maximum atomic E-state index is 13.3. The smallest absolute Gasteiger partial charge is 0.262 e. The number of hydrogen-bond donors (Lipinski definition) is 0. The summed E-state index contributed by atoms with van der Waals surface area (Å²) in [6.07, 6.45) is 0. The molecule has 3 aromatic carbocycles. The predicted octanol–water partition coefficient (Wildman–Crippen LogP) is 4.84. The Morgan fingerprint density at radius 1 is 0.846 bits per heavy atom. The fourth-order valence-electron chi connectivity index (χ4n) is 2.75. The van der Waals surface area contributed by atoms with Crippen molar-refractivity contribution in [2.24, 2.45) is 0 Å². The lowest BCUT2D eigenvalue weighted by Crippen LogP contribution is -2.31. The molecule has 0 aliphatic rings. The molecule has 0 saturated heterocycles. The largest absolute Gasteiger partial charge is 0.264 e. The van der Waals surface area contributed by atoms with Crippen LogP contribution in [-0.2, 0) is 16.6 Å². The van der Waals surface area contributed by atoms with Gasteiger partial charge in [0, 0.05) is 0 Å². The van der Waals surface area contributed by atoms with Gasteiger partial charge in [-0.2, -0.15) is 0 Å². The Kier molecular flexibility index (Phi) is 5.09. The minimum absolute atomic E-state index is 0.169. The summed E-state index contributed by atoms with van der Waals surface area (Å²) in [5.41, 5.74) is 3.06. The fraction of sp³-hybridized carbons (Fsp3) is 0.143. The monoisotopic (exact) mass is 369 g/mol. The van der Waals surface area contributed by atoms with Gasteiger partial charge in [-0.1, -0.05) is 48.0 Å². The van der Waals surface area contributed by atoms with E-state index in [4.69, 9.17) is 0 Å². The fourth-order valence-corrected chi connectivity index (χ4v) is 4.43. The minimum Gasteiger partial charge on any atom is -0.262 e. The van der Waals surface area contributed by atoms with E-state index in [1.165, 1.54) is 28.6 Å². The molecule has 0 unspecified atom stereocenters. The number of nitrogens with zero attached hydrogens (tertiary/aromatic N) is 1. The number of aryl methyl sites for hydroxylation is 2. The lowest BCUT2D eigenvalue weighted by Gasteiger charge is -2.25. The predicted molar refractivity (Wildman–Crippen MR) is 102 cm³/mol. The number of sulfonamides is 1. The first-order valence-corrected chi connectivity index (χ1v) is 9.71. The van der Waals surface area contributed by atoms with Gasteiger partial charge in [0.25, 0.3) is 10.0 Å². The summed E-state index contributed by atoms with van der Waals surface area (Å²) >= 11 is 0. The summed E-state index contributed by atoms with van der Waals surface area (Å²) in [7, 11) is -3.80. The molecule has 0 heterocycles. The van der Waals surface area contributed by atoms with Crippen molar-refractivity contribution in [3.8, 4) is 0 Å². The van der Waals surface area contributed by atoms with Gasteiger partial charge in [-0.3, -0.25) is 4.31 Å². The van der Waals surface area contributed by atoms with Crippen LogP contribution in [0.15, 0.2) is 77.7 Å². The van der Waals surface area contributed by atoms with Crippen molar-refractivity contribution >= 4 is 15.7 Å². The maximum Gasteiger partial charge on any atom is 0.264 e. The Bertz CT molecular complexity index is 997. The van der Waals surface area contributed by atoms with Crippen molar-refractivity contribution < 1.29 is 12.8 Å². The van der Waals surface area contributed by atoms with Crippen molar-refractivity contribution in [1.82, 2.24) is 0 Å². The molecule has 0 saturated carbocycles. The second-order valence-corrected chi connectivity index (χ2v) is 8.07. The van der Waals surface area contributed by atoms with Crippen LogP contribution in [0.4, 0.5) is 10.1 Å². The minimum atomic E-state index is -3.80. The van der Waals surface area contributed by atoms with Gasteiger partial charge in [-0.15, -0.1) is 0 Å². The summed E-state index contributed by atoms with van der Waals surface area (Å²) in [5, 5.41) is 0. The number of halogens is 1. The molecule has 0 spiro atoms. The maximum absolute atomic E-state index is 13.3. The van der Waals surface area contributed by atoms with E-state index in [2.05, 4.69) is 0 Å². The first-order valence-electron chi connectivity index (χ1n) is 8.27. The van der Waals surface area contributed by atoms with Gasteiger partial charge in [-0.25, -0.2) is 12.8 Å². The molecule has 0 aliphatic carbocycles. The van der Waals surface area contributed by atoms with Gasteiger partial charge < -0.3 is 0 Å². The molecule has 0 fully saturated rings. The van der Waals surface area contributed by atoms with Gasteiger partial charge in [-0.05, 0) is 55.3 Å². The zero-order valence-electron chi connectivity index (χ0n) is 14.7. The van der Waals surface area contributed by atoms with E-state index in [1.54, 1.807) is 31.2 Å². The highest BCUT2D eigenvalue weighted by atomic mass is 32.2. The van der Waals surface area contributed by atoms with Crippen LogP contribution in [0.2, 0.25) is 0 Å². The van der Waals surface area contributed by atoms with Crippen LogP contribution in [0.3, 0.4) is 0 Å². The van der Waals surface area contributed by atoms with E-state index in [-0.39, 0.29) is 11.4 Å². The topological polar surface area (TPSA) is 37.4 Å². The quantitative estimate of drug-likeness (QED) is 0.645. The lowest BCUT2D eigenvalue weighted by molar-refractivity contribution is 0.589. The first kappa shape index (κ1) is 18.1. The van der Waals surface area contributed by atoms with Crippen LogP contribution in [0.1, 0.15) is 16.7 Å². The highest BCUT2D eigenvalue weighted by Crippen LogP contribution is 2.28. The summed E-state index contributed by atoms with van der Waals surface area (Å²) in [6, 6.07) is 20.1. The van der Waals surface area contributed by atoms with Crippen LogP contribution in [0.25, 0.3) is 0 Å². The number of hydrogen-bond acceptors (Lipinski definition) is 2. The number of benzene rings is 3. The Balaban J connectivity index is 2.09. The summed E-state index contributed by atoms with van der Waals surface area (Å²) in [6.45, 7) is 3.91. The van der Waals surface area contributed by atoms with Crippen LogP contribution in [0, 0.1) is 19.7 Å². The molecule has 0 N–H and O–H groups in total. The molecule has 5 heteroatoms. The molecule has 0 radical (unpaired) electrons. The Morgan fingerprint density at radius 2 is 1.46 bits per heavy atom. The Labute approximate surface area is 153 Å². The van der Waals surface area contributed by atoms with Gasteiger partial charge in [0.1, 0.15) is 5.82 Å². The van der Waals surface area contributed by atoms with Crippen LogP contribution < -0.4 is 4.31 Å². The molecule has 0 bridgehead atoms. The van der Waals surface area contributed by atoms with Crippen molar-refractivity contribution in [3.05, 3.63) is 95.3 Å². The molecule has 3 rings (SSSR count). The van der Waals surface area contributed by atoms with Crippen LogP contribution in [0.5, 0.6) is 0 Å². The normalized spacial score (nSPS) is 11.3. The third-order valence-electron chi connectivity index (χ3n) is 4.22. The molecule has 0 aromatic heterocycles. The molecule has 134 valence electrons. The summed E-state index contributed by atoms with van der Waals surface area (Å²) < 4.78 is 41.3. The molecular weight excluding hydrogens is 349 g/mol. The molecular formula is C21H20FNO2S. The van der Waals surface area contributed by atoms with Gasteiger partial charge in [0.2, 0.25) is 0 Å². The van der Waals surface area contributed by atoms with Crippen molar-refractivity contribution in [2.45, 2.75) is 25.3 Å². The van der Waals surface area contributed by atoms with Gasteiger partial charge in [0.15, 0.2) is 0 Å². The van der Waals surface area contributed by atoms with Crippen molar-refractivity contribution in [3.63, 3.8) is 0 Å². The lowest BCUT2D eigenvalue weighted by atomic mass is 10.1. The third kappa shape index (κ3) is 3.78. The Morgan fingerprint density at radius 3 is 2.08 bits per heavy atom.